The van der Waals surface area contributed by atoms with Gasteiger partial charge in [-0.25, -0.2) is 14.8 Å². The number of rotatable bonds is 4. The molecule has 106 valence electrons. The normalized spacial score (nSPS) is 12.7. The maximum Gasteiger partial charge on any atom is 0.410 e. The summed E-state index contributed by atoms with van der Waals surface area (Å²) >= 11 is 17.2. The van der Waals surface area contributed by atoms with Gasteiger partial charge in [0.25, 0.3) is 0 Å². The van der Waals surface area contributed by atoms with Crippen LogP contribution in [0.1, 0.15) is 12.6 Å². The van der Waals surface area contributed by atoms with E-state index in [1.807, 2.05) is 0 Å². The highest BCUT2D eigenvalue weighted by Gasteiger charge is 2.37. The molecule has 0 radical (unpaired) electrons. The van der Waals surface area contributed by atoms with Gasteiger partial charge in [-0.1, -0.05) is 34.8 Å². The molecular weight excluding hydrogens is 316 g/mol. The van der Waals surface area contributed by atoms with E-state index < -0.39 is 16.1 Å². The molecule has 1 rings (SSSR count). The van der Waals surface area contributed by atoms with Gasteiger partial charge in [0.05, 0.1) is 6.61 Å². The summed E-state index contributed by atoms with van der Waals surface area (Å²) < 4.78 is 8.12. The molecule has 6 nitrogen and oxygen atoms in total. The van der Waals surface area contributed by atoms with E-state index in [2.05, 4.69) is 15.3 Å². The topological polar surface area (TPSA) is 73.3 Å². The summed E-state index contributed by atoms with van der Waals surface area (Å²) in [6.45, 7) is 3.58. The minimum atomic E-state index is -1.88. The van der Waals surface area contributed by atoms with Crippen molar-refractivity contribution in [3.63, 3.8) is 0 Å². The van der Waals surface area contributed by atoms with Crippen molar-refractivity contribution >= 4 is 40.9 Å². The second-order valence-corrected chi connectivity index (χ2v) is 5.77. The van der Waals surface area contributed by atoms with Crippen molar-refractivity contribution in [2.75, 3.05) is 6.61 Å². The monoisotopic (exact) mass is 327 g/mol. The number of nitrogens with zero attached hydrogens (tertiary/aromatic N) is 2. The molecule has 1 aromatic rings. The van der Waals surface area contributed by atoms with Crippen LogP contribution in [0.2, 0.25) is 0 Å². The van der Waals surface area contributed by atoms with Crippen LogP contribution in [0.5, 0.6) is 5.88 Å². The lowest BCUT2D eigenvalue weighted by Gasteiger charge is -2.25. The van der Waals surface area contributed by atoms with Crippen molar-refractivity contribution in [1.29, 1.82) is 0 Å². The molecule has 0 saturated carbocycles. The standard InChI is InChI=1S/C10H12Cl3N3O3/c1-3-18-9(17)16-8(10(11,12)13)19-7-4-6(2)14-5-15-7/h4-5,8H,3H2,1-2H3,(H,16,17). The van der Waals surface area contributed by atoms with Gasteiger partial charge in [-0.2, -0.15) is 0 Å². The predicted molar refractivity (Wildman–Crippen MR) is 71.6 cm³/mol. The van der Waals surface area contributed by atoms with Crippen LogP contribution in [0.15, 0.2) is 12.4 Å². The molecule has 0 aromatic carbocycles. The van der Waals surface area contributed by atoms with Crippen molar-refractivity contribution < 1.29 is 14.3 Å². The molecule has 0 aliphatic rings. The van der Waals surface area contributed by atoms with E-state index in [9.17, 15) is 4.79 Å². The SMILES string of the molecule is CCOC(=O)NC(Oc1cc(C)ncn1)C(Cl)(Cl)Cl. The van der Waals surface area contributed by atoms with E-state index >= 15 is 0 Å². The third-order valence-electron chi connectivity index (χ3n) is 1.84. The number of hydrogen-bond acceptors (Lipinski definition) is 5. The van der Waals surface area contributed by atoms with Gasteiger partial charge in [-0.3, -0.25) is 5.32 Å². The molecule has 0 aliphatic carbocycles. The predicted octanol–water partition coefficient (Wildman–Crippen LogP) is 2.61. The molecule has 0 aliphatic heterocycles. The molecule has 1 aromatic heterocycles. The molecule has 0 spiro atoms. The fraction of sp³-hybridized carbons (Fsp3) is 0.500. The Balaban J connectivity index is 2.78. The molecule has 19 heavy (non-hydrogen) atoms. The van der Waals surface area contributed by atoms with Crippen molar-refractivity contribution in [3.05, 3.63) is 18.1 Å². The van der Waals surface area contributed by atoms with Gasteiger partial charge in [0.15, 0.2) is 0 Å². The van der Waals surface area contributed by atoms with Gasteiger partial charge in [-0.15, -0.1) is 0 Å². The zero-order chi connectivity index (χ0) is 14.5. The number of nitrogens with one attached hydrogen (secondary N) is 1. The van der Waals surface area contributed by atoms with Crippen LogP contribution in [0.3, 0.4) is 0 Å². The van der Waals surface area contributed by atoms with Crippen LogP contribution in [0.4, 0.5) is 4.79 Å². The summed E-state index contributed by atoms with van der Waals surface area (Å²) in [5.41, 5.74) is 0.671. The highest BCUT2D eigenvalue weighted by Crippen LogP contribution is 2.31. The summed E-state index contributed by atoms with van der Waals surface area (Å²) in [6, 6.07) is 1.54. The third-order valence-corrected chi connectivity index (χ3v) is 2.43. The zero-order valence-corrected chi connectivity index (χ0v) is 12.5. The lowest BCUT2D eigenvalue weighted by atomic mass is 10.4. The Morgan fingerprint density at radius 3 is 2.68 bits per heavy atom. The van der Waals surface area contributed by atoms with E-state index in [1.165, 1.54) is 12.4 Å². The number of ether oxygens (including phenoxy) is 2. The number of carbonyl (C=O) groups is 1. The highest BCUT2D eigenvalue weighted by atomic mass is 35.6. The molecule has 1 unspecified atom stereocenters. The molecule has 0 bridgehead atoms. The Morgan fingerprint density at radius 2 is 2.16 bits per heavy atom. The van der Waals surface area contributed by atoms with Crippen LogP contribution in [0, 0.1) is 6.92 Å². The number of alkyl halides is 3. The fourth-order valence-corrected chi connectivity index (χ4v) is 1.37. The Bertz CT molecular complexity index is 440. The van der Waals surface area contributed by atoms with Gasteiger partial charge in [-0.05, 0) is 13.8 Å². The van der Waals surface area contributed by atoms with E-state index in [0.29, 0.717) is 5.69 Å². The average molecular weight is 329 g/mol. The summed E-state index contributed by atoms with van der Waals surface area (Å²) in [5.74, 6) is 0.167. The highest BCUT2D eigenvalue weighted by molar-refractivity contribution is 6.68. The van der Waals surface area contributed by atoms with Crippen molar-refractivity contribution in [3.8, 4) is 5.88 Å². The van der Waals surface area contributed by atoms with Crippen LogP contribution in [-0.4, -0.2) is 32.7 Å². The Labute approximate surface area is 125 Å². The molecular formula is C10H12Cl3N3O3. The summed E-state index contributed by atoms with van der Waals surface area (Å²) in [6.07, 6.45) is -0.708. The van der Waals surface area contributed by atoms with Crippen molar-refractivity contribution in [2.45, 2.75) is 23.9 Å². The zero-order valence-electron chi connectivity index (χ0n) is 10.2. The third kappa shape index (κ3) is 5.67. The number of amides is 1. The Hall–Kier alpha value is -0.980. The smallest absolute Gasteiger partial charge is 0.410 e. The Kier molecular flexibility index (Phi) is 5.90. The number of halogens is 3. The van der Waals surface area contributed by atoms with Gasteiger partial charge in [0, 0.05) is 11.8 Å². The number of aromatic nitrogens is 2. The van der Waals surface area contributed by atoms with E-state index in [0.717, 1.165) is 0 Å². The molecule has 1 N–H and O–H groups in total. The maximum absolute atomic E-state index is 11.3. The first-order chi connectivity index (χ1) is 8.82. The van der Waals surface area contributed by atoms with Crippen molar-refractivity contribution in [1.82, 2.24) is 15.3 Å². The molecule has 0 fully saturated rings. The largest absolute Gasteiger partial charge is 0.450 e. The van der Waals surface area contributed by atoms with Gasteiger partial charge >= 0.3 is 6.09 Å². The molecule has 1 atom stereocenters. The van der Waals surface area contributed by atoms with Crippen LogP contribution in [0.25, 0.3) is 0 Å². The van der Waals surface area contributed by atoms with E-state index in [4.69, 9.17) is 44.3 Å². The van der Waals surface area contributed by atoms with Gasteiger partial charge < -0.3 is 9.47 Å². The second-order valence-electron chi connectivity index (χ2n) is 3.40. The number of alkyl carbamates (subject to hydrolysis) is 1. The minimum Gasteiger partial charge on any atom is -0.450 e. The molecule has 0 saturated heterocycles. The quantitative estimate of drug-likeness (QED) is 0.679. The van der Waals surface area contributed by atoms with Crippen LogP contribution >= 0.6 is 34.8 Å². The first-order valence-corrected chi connectivity index (χ1v) is 6.41. The number of hydrogen-bond donors (Lipinski definition) is 1. The first kappa shape index (κ1) is 16.1. The lowest BCUT2D eigenvalue weighted by molar-refractivity contribution is 0.112. The molecule has 9 heteroatoms. The van der Waals surface area contributed by atoms with Crippen LogP contribution < -0.4 is 10.1 Å². The van der Waals surface area contributed by atoms with E-state index in [-0.39, 0.29) is 12.5 Å². The van der Waals surface area contributed by atoms with Gasteiger partial charge in [0.1, 0.15) is 6.33 Å². The van der Waals surface area contributed by atoms with Crippen molar-refractivity contribution in [2.24, 2.45) is 0 Å². The summed E-state index contributed by atoms with van der Waals surface area (Å²) in [5, 5.41) is 2.29. The lowest BCUT2D eigenvalue weighted by Crippen LogP contribution is -2.48. The van der Waals surface area contributed by atoms with E-state index in [1.54, 1.807) is 13.8 Å². The fourth-order valence-electron chi connectivity index (χ4n) is 1.07. The molecule has 1 heterocycles. The number of carbonyl (C=O) groups excluding carboxylic acids is 1. The maximum atomic E-state index is 11.3. The summed E-state index contributed by atoms with van der Waals surface area (Å²) in [4.78, 5) is 19.1. The van der Waals surface area contributed by atoms with Crippen LogP contribution in [-0.2, 0) is 4.74 Å². The average Bonchev–Trinajstić information content (AvgIpc) is 2.27. The first-order valence-electron chi connectivity index (χ1n) is 5.28. The summed E-state index contributed by atoms with van der Waals surface area (Å²) in [7, 11) is 0. The number of aryl methyl sites for hydroxylation is 1. The van der Waals surface area contributed by atoms with Gasteiger partial charge in [0.2, 0.25) is 15.9 Å². The Morgan fingerprint density at radius 1 is 1.47 bits per heavy atom. The minimum absolute atomic E-state index is 0.167. The molecule has 1 amide bonds. The second kappa shape index (κ2) is 6.98.